The molecule has 1 fully saturated rings. The summed E-state index contributed by atoms with van der Waals surface area (Å²) < 4.78 is 5.07. The molecule has 122 valence electrons. The number of aliphatic carboxylic acids is 1. The van der Waals surface area contributed by atoms with Crippen LogP contribution >= 0.6 is 0 Å². The van der Waals surface area contributed by atoms with Crippen molar-refractivity contribution in [2.45, 2.75) is 45.6 Å². The Balaban J connectivity index is 2.63. The maximum absolute atomic E-state index is 12.4. The van der Waals surface area contributed by atoms with Crippen LogP contribution in [-0.2, 0) is 9.53 Å². The van der Waals surface area contributed by atoms with Gasteiger partial charge >= 0.3 is 12.0 Å². The average Bonchev–Trinajstić information content (AvgIpc) is 2.46. The van der Waals surface area contributed by atoms with E-state index in [-0.39, 0.29) is 12.1 Å². The van der Waals surface area contributed by atoms with E-state index in [0.717, 1.165) is 6.42 Å². The van der Waals surface area contributed by atoms with Gasteiger partial charge in [-0.15, -0.1) is 0 Å². The summed E-state index contributed by atoms with van der Waals surface area (Å²) in [4.78, 5) is 27.4. The molecule has 1 N–H and O–H groups in total. The zero-order chi connectivity index (χ0) is 16.0. The highest BCUT2D eigenvalue weighted by Crippen LogP contribution is 2.36. The third-order valence-corrected chi connectivity index (χ3v) is 4.54. The molecule has 6 heteroatoms. The van der Waals surface area contributed by atoms with E-state index < -0.39 is 11.4 Å². The standard InChI is InChI=1S/C15H28N2O4/c1-5-6-15(13(18)19)7-9-17(10-8-15)14(20)16(3)12(2)11-21-4/h12H,5-11H2,1-4H3,(H,18,19). The fourth-order valence-corrected chi connectivity index (χ4v) is 2.94. The minimum atomic E-state index is -0.724. The van der Waals surface area contributed by atoms with Crippen molar-refractivity contribution in [3.05, 3.63) is 0 Å². The quantitative estimate of drug-likeness (QED) is 0.815. The first kappa shape index (κ1) is 17.8. The van der Waals surface area contributed by atoms with Crippen LogP contribution in [-0.4, -0.2) is 66.8 Å². The smallest absolute Gasteiger partial charge is 0.320 e. The molecule has 1 aliphatic heterocycles. The minimum absolute atomic E-state index is 0.00398. The van der Waals surface area contributed by atoms with E-state index in [1.54, 1.807) is 24.0 Å². The van der Waals surface area contributed by atoms with Crippen molar-refractivity contribution in [1.29, 1.82) is 0 Å². The molecule has 21 heavy (non-hydrogen) atoms. The molecule has 1 heterocycles. The molecular weight excluding hydrogens is 272 g/mol. The van der Waals surface area contributed by atoms with Gasteiger partial charge in [0.25, 0.3) is 0 Å². The van der Waals surface area contributed by atoms with Crippen LogP contribution in [0, 0.1) is 5.41 Å². The second kappa shape index (κ2) is 7.64. The highest BCUT2D eigenvalue weighted by molar-refractivity contribution is 5.77. The second-order valence-electron chi connectivity index (χ2n) is 6.02. The number of carboxylic acids is 1. The number of urea groups is 1. The molecule has 1 aliphatic rings. The first-order valence-electron chi connectivity index (χ1n) is 7.62. The van der Waals surface area contributed by atoms with Crippen LogP contribution in [0.15, 0.2) is 0 Å². The molecule has 0 aliphatic carbocycles. The molecule has 2 amide bonds. The topological polar surface area (TPSA) is 70.1 Å². The highest BCUT2D eigenvalue weighted by atomic mass is 16.5. The van der Waals surface area contributed by atoms with Crippen LogP contribution in [0.5, 0.6) is 0 Å². The summed E-state index contributed by atoms with van der Waals surface area (Å²) in [6.07, 6.45) is 2.61. The van der Waals surface area contributed by atoms with E-state index in [0.29, 0.717) is 39.0 Å². The number of likely N-dealkylation sites (N-methyl/N-ethyl adjacent to an activating group) is 1. The molecule has 6 nitrogen and oxygen atoms in total. The number of carbonyl (C=O) groups is 2. The van der Waals surface area contributed by atoms with Crippen molar-refractivity contribution < 1.29 is 19.4 Å². The lowest BCUT2D eigenvalue weighted by molar-refractivity contribution is -0.152. The van der Waals surface area contributed by atoms with Gasteiger partial charge in [-0.1, -0.05) is 13.3 Å². The second-order valence-corrected chi connectivity index (χ2v) is 6.02. The van der Waals surface area contributed by atoms with Crippen LogP contribution < -0.4 is 0 Å². The molecule has 1 unspecified atom stereocenters. The number of likely N-dealkylation sites (tertiary alicyclic amines) is 1. The zero-order valence-corrected chi connectivity index (χ0v) is 13.6. The molecule has 0 spiro atoms. The van der Waals surface area contributed by atoms with Crippen molar-refractivity contribution >= 4 is 12.0 Å². The van der Waals surface area contributed by atoms with Gasteiger partial charge in [-0.3, -0.25) is 4.79 Å². The fourth-order valence-electron chi connectivity index (χ4n) is 2.94. The van der Waals surface area contributed by atoms with Crippen molar-refractivity contribution in [1.82, 2.24) is 9.80 Å². The SMILES string of the molecule is CCCC1(C(=O)O)CCN(C(=O)N(C)C(C)COC)CC1. The Morgan fingerprint density at radius 1 is 1.38 bits per heavy atom. The van der Waals surface area contributed by atoms with Gasteiger partial charge in [0.2, 0.25) is 0 Å². The van der Waals surface area contributed by atoms with Gasteiger partial charge in [-0.05, 0) is 26.2 Å². The van der Waals surface area contributed by atoms with E-state index in [2.05, 4.69) is 0 Å². The lowest BCUT2D eigenvalue weighted by atomic mass is 9.75. The molecular formula is C15H28N2O4. The van der Waals surface area contributed by atoms with E-state index in [9.17, 15) is 14.7 Å². The molecule has 0 saturated carbocycles. The maximum atomic E-state index is 12.4. The van der Waals surface area contributed by atoms with Crippen molar-refractivity contribution in [2.24, 2.45) is 5.41 Å². The Bertz CT molecular complexity index is 365. The summed E-state index contributed by atoms with van der Waals surface area (Å²) in [5, 5.41) is 9.48. The van der Waals surface area contributed by atoms with Crippen molar-refractivity contribution in [3.63, 3.8) is 0 Å². The number of carboxylic acid groups (broad SMARTS) is 1. The summed E-state index contributed by atoms with van der Waals surface area (Å²) in [7, 11) is 3.37. The highest BCUT2D eigenvalue weighted by Gasteiger charge is 2.42. The number of methoxy groups -OCH3 is 1. The molecule has 0 aromatic carbocycles. The number of hydrogen-bond donors (Lipinski definition) is 1. The van der Waals surface area contributed by atoms with Crippen molar-refractivity contribution in [3.8, 4) is 0 Å². The third-order valence-electron chi connectivity index (χ3n) is 4.54. The minimum Gasteiger partial charge on any atom is -0.481 e. The van der Waals surface area contributed by atoms with Gasteiger partial charge in [0.05, 0.1) is 18.1 Å². The maximum Gasteiger partial charge on any atom is 0.320 e. The van der Waals surface area contributed by atoms with E-state index in [1.165, 1.54) is 0 Å². The molecule has 0 radical (unpaired) electrons. The van der Waals surface area contributed by atoms with E-state index in [4.69, 9.17) is 4.74 Å². The van der Waals surface area contributed by atoms with Gasteiger partial charge < -0.3 is 19.6 Å². The van der Waals surface area contributed by atoms with Crippen LogP contribution in [0.3, 0.4) is 0 Å². The van der Waals surface area contributed by atoms with Gasteiger partial charge in [-0.2, -0.15) is 0 Å². The number of nitrogens with zero attached hydrogens (tertiary/aromatic N) is 2. The summed E-state index contributed by atoms with van der Waals surface area (Å²) in [6.45, 7) is 5.45. The predicted molar refractivity (Wildman–Crippen MR) is 80.3 cm³/mol. The number of piperidine rings is 1. The Hall–Kier alpha value is -1.30. The number of carbonyl (C=O) groups excluding carboxylic acids is 1. The van der Waals surface area contributed by atoms with E-state index >= 15 is 0 Å². The normalized spacial score (nSPS) is 19.1. The lowest BCUT2D eigenvalue weighted by Crippen LogP contribution is -2.52. The summed E-state index contributed by atoms with van der Waals surface area (Å²) >= 11 is 0. The first-order valence-corrected chi connectivity index (χ1v) is 7.62. The van der Waals surface area contributed by atoms with Crippen LogP contribution in [0.25, 0.3) is 0 Å². The Morgan fingerprint density at radius 3 is 2.38 bits per heavy atom. The first-order chi connectivity index (χ1) is 9.88. The molecule has 0 bridgehead atoms. The average molecular weight is 300 g/mol. The molecule has 1 rings (SSSR count). The van der Waals surface area contributed by atoms with Gasteiger partial charge in [0.1, 0.15) is 0 Å². The van der Waals surface area contributed by atoms with Crippen LogP contribution in [0.1, 0.15) is 39.5 Å². The number of rotatable bonds is 6. The number of hydrogen-bond acceptors (Lipinski definition) is 3. The third kappa shape index (κ3) is 4.09. The predicted octanol–water partition coefficient (Wildman–Crippen LogP) is 2.04. The zero-order valence-electron chi connectivity index (χ0n) is 13.6. The lowest BCUT2D eigenvalue weighted by Gasteiger charge is -2.40. The summed E-state index contributed by atoms with van der Waals surface area (Å²) in [6, 6.07) is -0.0423. The molecule has 0 aromatic heterocycles. The summed E-state index contributed by atoms with van der Waals surface area (Å²) in [5.41, 5.74) is -0.651. The number of ether oxygens (including phenoxy) is 1. The van der Waals surface area contributed by atoms with Gasteiger partial charge in [0, 0.05) is 27.2 Å². The Morgan fingerprint density at radius 2 is 1.95 bits per heavy atom. The van der Waals surface area contributed by atoms with Crippen molar-refractivity contribution in [2.75, 3.05) is 33.9 Å². The molecule has 1 atom stereocenters. The fraction of sp³-hybridized carbons (Fsp3) is 0.867. The Kier molecular flexibility index (Phi) is 6.45. The molecule has 1 saturated heterocycles. The summed E-state index contributed by atoms with van der Waals surface area (Å²) in [5.74, 6) is -0.724. The van der Waals surface area contributed by atoms with Gasteiger partial charge in [0.15, 0.2) is 0 Å². The Labute approximate surface area is 127 Å². The van der Waals surface area contributed by atoms with Crippen LogP contribution in [0.2, 0.25) is 0 Å². The van der Waals surface area contributed by atoms with Gasteiger partial charge in [-0.25, -0.2) is 4.79 Å². The van der Waals surface area contributed by atoms with E-state index in [1.807, 2.05) is 13.8 Å². The monoisotopic (exact) mass is 300 g/mol. The largest absolute Gasteiger partial charge is 0.481 e. The van der Waals surface area contributed by atoms with Crippen LogP contribution in [0.4, 0.5) is 4.79 Å². The molecule has 0 aromatic rings. The number of amides is 2.